The van der Waals surface area contributed by atoms with Gasteiger partial charge >= 0.3 is 0 Å². The summed E-state index contributed by atoms with van der Waals surface area (Å²) < 4.78 is 6.52. The van der Waals surface area contributed by atoms with E-state index >= 15 is 0 Å². The van der Waals surface area contributed by atoms with E-state index < -0.39 is 0 Å². The van der Waals surface area contributed by atoms with Crippen LogP contribution in [-0.2, 0) is 6.42 Å². The molecule has 21 heavy (non-hydrogen) atoms. The quantitative estimate of drug-likeness (QED) is 0.733. The predicted octanol–water partition coefficient (Wildman–Crippen LogP) is 2.22. The third-order valence-corrected chi connectivity index (χ3v) is 4.05. The molecule has 0 aliphatic rings. The zero-order valence-corrected chi connectivity index (χ0v) is 13.7. The van der Waals surface area contributed by atoms with Crippen LogP contribution in [0.2, 0.25) is 0 Å². The lowest BCUT2D eigenvalue weighted by molar-refractivity contribution is 0.0942. The number of nitrogens with two attached hydrogens (primary N) is 1. The molecule has 0 atom stereocenters. The van der Waals surface area contributed by atoms with E-state index in [0.717, 1.165) is 15.2 Å². The van der Waals surface area contributed by atoms with Gasteiger partial charge in [0.2, 0.25) is 0 Å². The Morgan fingerprint density at radius 2 is 2.14 bits per heavy atom. The Kier molecular flexibility index (Phi) is 6.16. The maximum absolute atomic E-state index is 11.9. The van der Waals surface area contributed by atoms with Gasteiger partial charge in [-0.25, -0.2) is 4.98 Å². The van der Waals surface area contributed by atoms with Crippen molar-refractivity contribution < 1.29 is 9.53 Å². The summed E-state index contributed by atoms with van der Waals surface area (Å²) in [5, 5.41) is 5.40. The number of rotatable bonds is 7. The Bertz CT molecular complexity index is 586. The molecule has 1 aromatic heterocycles. The third kappa shape index (κ3) is 5.11. The Hall–Kier alpha value is -1.44. The Morgan fingerprint density at radius 3 is 2.86 bits per heavy atom. The van der Waals surface area contributed by atoms with Crippen LogP contribution in [-0.4, -0.2) is 30.6 Å². The Morgan fingerprint density at radius 1 is 1.38 bits per heavy atom. The molecule has 7 heteroatoms. The number of ether oxygens (including phenoxy) is 1. The van der Waals surface area contributed by atoms with Crippen LogP contribution >= 0.6 is 27.3 Å². The van der Waals surface area contributed by atoms with Crippen molar-refractivity contribution in [1.82, 2.24) is 10.3 Å². The van der Waals surface area contributed by atoms with E-state index in [2.05, 4.69) is 26.2 Å². The number of amides is 1. The van der Waals surface area contributed by atoms with Crippen molar-refractivity contribution in [3.8, 4) is 5.75 Å². The van der Waals surface area contributed by atoms with Gasteiger partial charge < -0.3 is 15.8 Å². The molecule has 0 saturated carbocycles. The van der Waals surface area contributed by atoms with Gasteiger partial charge in [-0.15, -0.1) is 11.3 Å². The Balaban J connectivity index is 1.72. The van der Waals surface area contributed by atoms with E-state index in [1.165, 1.54) is 11.3 Å². The molecule has 2 aromatic rings. The zero-order valence-electron chi connectivity index (χ0n) is 11.3. The molecule has 2 rings (SSSR count). The number of thiazole rings is 1. The highest BCUT2D eigenvalue weighted by atomic mass is 79.9. The number of carbonyl (C=O) groups excluding carboxylic acids is 1. The summed E-state index contributed by atoms with van der Waals surface area (Å²) in [6.07, 6.45) is 0.699. The molecule has 0 bridgehead atoms. The minimum absolute atomic E-state index is 0.186. The fourth-order valence-corrected chi connectivity index (χ4v) is 2.67. The first kappa shape index (κ1) is 15.9. The van der Waals surface area contributed by atoms with Gasteiger partial charge in [-0.1, -0.05) is 15.9 Å². The third-order valence-electron chi connectivity index (χ3n) is 2.61. The summed E-state index contributed by atoms with van der Waals surface area (Å²) in [4.78, 5) is 16.1. The molecule has 0 aliphatic heterocycles. The lowest BCUT2D eigenvalue weighted by atomic mass is 10.3. The zero-order chi connectivity index (χ0) is 15.1. The highest BCUT2D eigenvalue weighted by Crippen LogP contribution is 2.15. The van der Waals surface area contributed by atoms with Crippen LogP contribution in [0.4, 0.5) is 0 Å². The molecule has 1 heterocycles. The van der Waals surface area contributed by atoms with Gasteiger partial charge in [0.05, 0.1) is 11.6 Å². The van der Waals surface area contributed by atoms with E-state index in [-0.39, 0.29) is 5.91 Å². The molecule has 0 spiro atoms. The van der Waals surface area contributed by atoms with E-state index in [1.807, 2.05) is 24.3 Å². The lowest BCUT2D eigenvalue weighted by Crippen LogP contribution is -2.28. The molecule has 0 unspecified atom stereocenters. The molecule has 0 radical (unpaired) electrons. The minimum Gasteiger partial charge on any atom is -0.492 e. The van der Waals surface area contributed by atoms with Crippen LogP contribution in [0, 0.1) is 0 Å². The van der Waals surface area contributed by atoms with Crippen LogP contribution < -0.4 is 15.8 Å². The van der Waals surface area contributed by atoms with Crippen molar-refractivity contribution in [3.05, 3.63) is 44.8 Å². The average molecular weight is 370 g/mol. The second-order valence-corrected chi connectivity index (χ2v) is 6.08. The normalized spacial score (nSPS) is 10.4. The van der Waals surface area contributed by atoms with Gasteiger partial charge in [0.1, 0.15) is 18.1 Å². The standard InChI is InChI=1S/C14H16BrN3O2S/c15-10-1-3-11(4-2-10)20-8-7-17-14(19)12-9-21-13(18-12)5-6-16/h1-4,9H,5-8,16H2,(H,17,19). The van der Waals surface area contributed by atoms with E-state index in [4.69, 9.17) is 10.5 Å². The fourth-order valence-electron chi connectivity index (χ4n) is 1.61. The van der Waals surface area contributed by atoms with Crippen molar-refractivity contribution in [2.75, 3.05) is 19.7 Å². The highest BCUT2D eigenvalue weighted by Gasteiger charge is 2.09. The summed E-state index contributed by atoms with van der Waals surface area (Å²) in [5.74, 6) is 0.584. The summed E-state index contributed by atoms with van der Waals surface area (Å²) in [6, 6.07) is 7.54. The van der Waals surface area contributed by atoms with Crippen LogP contribution in [0.15, 0.2) is 34.1 Å². The van der Waals surface area contributed by atoms with E-state index in [1.54, 1.807) is 5.38 Å². The highest BCUT2D eigenvalue weighted by molar-refractivity contribution is 9.10. The second kappa shape index (κ2) is 8.11. The number of hydrogen-bond acceptors (Lipinski definition) is 5. The topological polar surface area (TPSA) is 77.2 Å². The number of aromatic nitrogens is 1. The average Bonchev–Trinajstić information content (AvgIpc) is 2.94. The van der Waals surface area contributed by atoms with Gasteiger partial charge in [0.25, 0.3) is 5.91 Å². The summed E-state index contributed by atoms with van der Waals surface area (Å²) in [7, 11) is 0. The smallest absolute Gasteiger partial charge is 0.270 e. The van der Waals surface area contributed by atoms with Crippen molar-refractivity contribution in [2.24, 2.45) is 5.73 Å². The van der Waals surface area contributed by atoms with Gasteiger partial charge in [-0.05, 0) is 30.8 Å². The SMILES string of the molecule is NCCc1nc(C(=O)NCCOc2ccc(Br)cc2)cs1. The van der Waals surface area contributed by atoms with Crippen molar-refractivity contribution >= 4 is 33.2 Å². The van der Waals surface area contributed by atoms with Crippen LogP contribution in [0.25, 0.3) is 0 Å². The molecule has 1 aromatic carbocycles. The number of hydrogen-bond donors (Lipinski definition) is 2. The summed E-state index contributed by atoms with van der Waals surface area (Å²) in [6.45, 7) is 1.38. The molecule has 112 valence electrons. The van der Waals surface area contributed by atoms with Crippen molar-refractivity contribution in [2.45, 2.75) is 6.42 Å². The van der Waals surface area contributed by atoms with Gasteiger partial charge in [0.15, 0.2) is 0 Å². The van der Waals surface area contributed by atoms with Gasteiger partial charge in [-0.3, -0.25) is 4.79 Å². The predicted molar refractivity (Wildman–Crippen MR) is 86.8 cm³/mol. The molecule has 5 nitrogen and oxygen atoms in total. The first-order chi connectivity index (χ1) is 10.2. The molecule has 0 saturated heterocycles. The molecule has 3 N–H and O–H groups in total. The molecular formula is C14H16BrN3O2S. The molecule has 0 aliphatic carbocycles. The Labute approximate surface area is 135 Å². The summed E-state index contributed by atoms with van der Waals surface area (Å²) in [5.41, 5.74) is 5.89. The maximum atomic E-state index is 11.9. The van der Waals surface area contributed by atoms with Crippen LogP contribution in [0.3, 0.4) is 0 Å². The largest absolute Gasteiger partial charge is 0.492 e. The van der Waals surface area contributed by atoms with Crippen molar-refractivity contribution in [1.29, 1.82) is 0 Å². The van der Waals surface area contributed by atoms with Gasteiger partial charge in [-0.2, -0.15) is 0 Å². The number of benzene rings is 1. The first-order valence-electron chi connectivity index (χ1n) is 6.50. The van der Waals surface area contributed by atoms with Crippen molar-refractivity contribution in [3.63, 3.8) is 0 Å². The van der Waals surface area contributed by atoms with Crippen LogP contribution in [0.1, 0.15) is 15.5 Å². The maximum Gasteiger partial charge on any atom is 0.270 e. The number of nitrogens with one attached hydrogen (secondary N) is 1. The molecule has 1 amide bonds. The monoisotopic (exact) mass is 369 g/mol. The number of nitrogens with zero attached hydrogens (tertiary/aromatic N) is 1. The van der Waals surface area contributed by atoms with Gasteiger partial charge in [0, 0.05) is 16.3 Å². The minimum atomic E-state index is -0.186. The van der Waals surface area contributed by atoms with E-state index in [9.17, 15) is 4.79 Å². The molecule has 0 fully saturated rings. The fraction of sp³-hybridized carbons (Fsp3) is 0.286. The van der Waals surface area contributed by atoms with E-state index in [0.29, 0.717) is 31.8 Å². The first-order valence-corrected chi connectivity index (χ1v) is 8.17. The summed E-state index contributed by atoms with van der Waals surface area (Å²) >= 11 is 4.81. The second-order valence-electron chi connectivity index (χ2n) is 4.22. The lowest BCUT2D eigenvalue weighted by Gasteiger charge is -2.06. The van der Waals surface area contributed by atoms with Crippen LogP contribution in [0.5, 0.6) is 5.75 Å². The number of halogens is 1. The molecular weight excluding hydrogens is 354 g/mol. The number of carbonyl (C=O) groups is 1.